The lowest BCUT2D eigenvalue weighted by atomic mass is 9.95. The average molecular weight is 538 g/mol. The number of ether oxygens (including phenoxy) is 1. The number of carbonyl (C=O) groups is 2. The van der Waals surface area contributed by atoms with Crippen LogP contribution in [0, 0.1) is 0 Å². The summed E-state index contributed by atoms with van der Waals surface area (Å²) < 4.78 is 5.56. The van der Waals surface area contributed by atoms with E-state index in [1.165, 1.54) is 11.3 Å². The highest BCUT2D eigenvalue weighted by Crippen LogP contribution is 2.37. The van der Waals surface area contributed by atoms with Gasteiger partial charge >= 0.3 is 5.97 Å². The van der Waals surface area contributed by atoms with Crippen LogP contribution in [0.2, 0.25) is 10.0 Å². The predicted octanol–water partition coefficient (Wildman–Crippen LogP) is 3.11. The molecule has 0 bridgehead atoms. The third-order valence-electron chi connectivity index (χ3n) is 5.58. The number of halogens is 2. The molecule has 1 amide bonds. The van der Waals surface area contributed by atoms with Crippen molar-refractivity contribution >= 4 is 52.3 Å². The van der Waals surface area contributed by atoms with Crippen LogP contribution in [-0.2, 0) is 14.3 Å². The molecule has 2 aliphatic rings. The minimum absolute atomic E-state index is 0.0343. The molecule has 186 valence electrons. The summed E-state index contributed by atoms with van der Waals surface area (Å²) in [5.74, 6) is -0.867. The number of nitrogens with one attached hydrogen (secondary N) is 2. The first-order valence-corrected chi connectivity index (χ1v) is 12.7. The summed E-state index contributed by atoms with van der Waals surface area (Å²) in [6, 6.07) is 3.40. The van der Waals surface area contributed by atoms with Crippen LogP contribution in [0.5, 0.6) is 0 Å². The number of amides is 1. The molecule has 2 aliphatic heterocycles. The van der Waals surface area contributed by atoms with Crippen molar-refractivity contribution in [2.45, 2.75) is 32.0 Å². The molecular formula is C23H25Cl2N5O4S. The molecule has 0 aliphatic carbocycles. The lowest BCUT2D eigenvalue weighted by Gasteiger charge is -2.37. The zero-order valence-electron chi connectivity index (χ0n) is 19.1. The van der Waals surface area contributed by atoms with Gasteiger partial charge in [0, 0.05) is 52.0 Å². The maximum Gasteiger partial charge on any atom is 0.335 e. The first-order valence-electron chi connectivity index (χ1n) is 11.0. The van der Waals surface area contributed by atoms with E-state index in [-0.39, 0.29) is 30.7 Å². The largest absolute Gasteiger partial charge is 0.478 e. The van der Waals surface area contributed by atoms with E-state index in [4.69, 9.17) is 27.9 Å². The number of benzene rings is 1. The molecule has 12 heteroatoms. The Bertz CT molecular complexity index is 1170. The summed E-state index contributed by atoms with van der Waals surface area (Å²) in [7, 11) is 0. The van der Waals surface area contributed by atoms with E-state index in [1.54, 1.807) is 24.4 Å². The zero-order chi connectivity index (χ0) is 25.1. The molecule has 4 rings (SSSR count). The van der Waals surface area contributed by atoms with E-state index in [1.807, 2.05) is 24.1 Å². The van der Waals surface area contributed by atoms with E-state index in [2.05, 4.69) is 20.6 Å². The van der Waals surface area contributed by atoms with Crippen molar-refractivity contribution in [2.75, 3.05) is 26.3 Å². The molecule has 3 N–H and O–H groups in total. The number of thiazole rings is 1. The van der Waals surface area contributed by atoms with Crippen LogP contribution in [0.3, 0.4) is 0 Å². The van der Waals surface area contributed by atoms with Crippen molar-refractivity contribution in [3.8, 4) is 0 Å². The van der Waals surface area contributed by atoms with Crippen LogP contribution < -0.4 is 10.6 Å². The molecule has 3 heterocycles. The third-order valence-corrected chi connectivity index (χ3v) is 6.92. The standard InChI is InChI=1S/C23H25Cl2N5O4S/c1-12(2)27-21(31)17-11-34-7-6-30(17)10-16-18(23(32)33)19(14-4-3-13(24)9-15(14)25)29-20(28-16)22-26-5-8-35-22/h3-5,8-9,12,17,19H,6-7,10-11H2,1-2H3,(H,27,31)(H,28,29)(H,32,33). The highest BCUT2D eigenvalue weighted by atomic mass is 35.5. The summed E-state index contributed by atoms with van der Waals surface area (Å²) in [5, 5.41) is 19.5. The maximum absolute atomic E-state index is 12.8. The lowest BCUT2D eigenvalue weighted by molar-refractivity contribution is -0.133. The van der Waals surface area contributed by atoms with Crippen LogP contribution in [-0.4, -0.2) is 71.1 Å². The summed E-state index contributed by atoms with van der Waals surface area (Å²) >= 11 is 13.9. The van der Waals surface area contributed by atoms with Crippen LogP contribution in [0.15, 0.2) is 46.0 Å². The van der Waals surface area contributed by atoms with Gasteiger partial charge in [0.1, 0.15) is 12.1 Å². The molecule has 2 aromatic rings. The molecule has 0 radical (unpaired) electrons. The fourth-order valence-corrected chi connectivity index (χ4v) is 5.12. The van der Waals surface area contributed by atoms with Gasteiger partial charge in [0.15, 0.2) is 10.8 Å². The number of hydrogen-bond acceptors (Lipinski definition) is 8. The van der Waals surface area contributed by atoms with Gasteiger partial charge in [0.25, 0.3) is 0 Å². The third kappa shape index (κ3) is 5.84. The van der Waals surface area contributed by atoms with Crippen molar-refractivity contribution in [1.82, 2.24) is 20.5 Å². The summed E-state index contributed by atoms with van der Waals surface area (Å²) in [4.78, 5) is 36.3. The molecule has 2 unspecified atom stereocenters. The number of aliphatic carboxylic acids is 1. The van der Waals surface area contributed by atoms with Crippen LogP contribution >= 0.6 is 34.5 Å². The average Bonchev–Trinajstić information content (AvgIpc) is 3.33. The number of nitrogens with zero attached hydrogens (tertiary/aromatic N) is 3. The van der Waals surface area contributed by atoms with Crippen LogP contribution in [0.1, 0.15) is 30.5 Å². The lowest BCUT2D eigenvalue weighted by Crippen LogP contribution is -2.56. The first-order chi connectivity index (χ1) is 16.7. The number of aromatic nitrogens is 1. The van der Waals surface area contributed by atoms with E-state index in [9.17, 15) is 14.7 Å². The van der Waals surface area contributed by atoms with Crippen LogP contribution in [0.25, 0.3) is 0 Å². The number of hydrogen-bond donors (Lipinski definition) is 3. The molecular weight excluding hydrogens is 513 g/mol. The van der Waals surface area contributed by atoms with Crippen molar-refractivity contribution in [3.63, 3.8) is 0 Å². The maximum atomic E-state index is 12.8. The molecule has 9 nitrogen and oxygen atoms in total. The number of carboxylic acid groups (broad SMARTS) is 1. The molecule has 1 fully saturated rings. The monoisotopic (exact) mass is 537 g/mol. The Morgan fingerprint density at radius 2 is 2.17 bits per heavy atom. The summed E-state index contributed by atoms with van der Waals surface area (Å²) in [6.45, 7) is 5.06. The Kier molecular flexibility index (Phi) is 8.08. The van der Waals surface area contributed by atoms with Gasteiger partial charge in [-0.25, -0.2) is 9.78 Å². The van der Waals surface area contributed by atoms with Crippen molar-refractivity contribution in [2.24, 2.45) is 4.99 Å². The minimum atomic E-state index is -1.14. The second-order valence-corrected chi connectivity index (χ2v) is 10.2. The normalized spacial score (nSPS) is 21.0. The molecule has 2 atom stereocenters. The topological polar surface area (TPSA) is 116 Å². The zero-order valence-corrected chi connectivity index (χ0v) is 21.5. The van der Waals surface area contributed by atoms with Crippen molar-refractivity contribution < 1.29 is 19.4 Å². The van der Waals surface area contributed by atoms with Crippen molar-refractivity contribution in [1.29, 1.82) is 0 Å². The second kappa shape index (κ2) is 11.0. The molecule has 35 heavy (non-hydrogen) atoms. The van der Waals surface area contributed by atoms with E-state index in [0.717, 1.165) is 0 Å². The Morgan fingerprint density at radius 1 is 1.37 bits per heavy atom. The fraction of sp³-hybridized carbons (Fsp3) is 0.391. The van der Waals surface area contributed by atoms with Gasteiger partial charge in [-0.3, -0.25) is 14.7 Å². The highest BCUT2D eigenvalue weighted by Gasteiger charge is 2.36. The van der Waals surface area contributed by atoms with Gasteiger partial charge in [-0.1, -0.05) is 29.3 Å². The molecule has 1 aromatic heterocycles. The summed E-state index contributed by atoms with van der Waals surface area (Å²) in [5.41, 5.74) is 0.972. The molecule has 1 saturated heterocycles. The van der Waals surface area contributed by atoms with Gasteiger partial charge in [-0.2, -0.15) is 0 Å². The minimum Gasteiger partial charge on any atom is -0.478 e. The van der Waals surface area contributed by atoms with Crippen LogP contribution in [0.4, 0.5) is 0 Å². The van der Waals surface area contributed by atoms with Gasteiger partial charge in [-0.05, 0) is 26.0 Å². The van der Waals surface area contributed by atoms with Crippen molar-refractivity contribution in [3.05, 3.63) is 61.7 Å². The SMILES string of the molecule is CC(C)NC(=O)C1COCCN1CC1=C(C(=O)O)C(c2ccc(Cl)cc2Cl)N=C(c2nccs2)N1. The quantitative estimate of drug-likeness (QED) is 0.496. The molecule has 0 spiro atoms. The Labute approximate surface area is 216 Å². The van der Waals surface area contributed by atoms with E-state index < -0.39 is 18.1 Å². The number of rotatable bonds is 7. The second-order valence-electron chi connectivity index (χ2n) is 8.43. The number of amidine groups is 1. The Morgan fingerprint density at radius 3 is 2.83 bits per heavy atom. The number of carbonyl (C=O) groups excluding carboxylic acids is 1. The highest BCUT2D eigenvalue weighted by molar-refractivity contribution is 7.11. The predicted molar refractivity (Wildman–Crippen MR) is 135 cm³/mol. The number of carboxylic acids is 1. The van der Waals surface area contributed by atoms with E-state index in [0.29, 0.717) is 45.3 Å². The first kappa shape index (κ1) is 25.6. The molecule has 1 aromatic carbocycles. The van der Waals surface area contributed by atoms with Gasteiger partial charge in [0.05, 0.1) is 18.8 Å². The Balaban J connectivity index is 1.76. The van der Waals surface area contributed by atoms with E-state index >= 15 is 0 Å². The number of aliphatic imine (C=N–C) groups is 1. The smallest absolute Gasteiger partial charge is 0.335 e. The fourth-order valence-electron chi connectivity index (χ4n) is 4.02. The Hall–Kier alpha value is -2.50. The molecule has 0 saturated carbocycles. The van der Waals surface area contributed by atoms with Gasteiger partial charge in [-0.15, -0.1) is 11.3 Å². The van der Waals surface area contributed by atoms with Gasteiger partial charge in [0.2, 0.25) is 5.91 Å². The number of morpholine rings is 1. The van der Waals surface area contributed by atoms with Gasteiger partial charge < -0.3 is 20.5 Å². The summed E-state index contributed by atoms with van der Waals surface area (Å²) in [6.07, 6.45) is 1.65.